The second kappa shape index (κ2) is 5.31. The number of carbonyl (C=O) groups is 1. The third kappa shape index (κ3) is 3.03. The number of carboxylic acids is 1. The lowest BCUT2D eigenvalue weighted by molar-refractivity contribution is 0.0697. The van der Waals surface area contributed by atoms with Gasteiger partial charge < -0.3 is 10.2 Å². The molecule has 0 aliphatic rings. The van der Waals surface area contributed by atoms with Crippen molar-refractivity contribution in [3.05, 3.63) is 40.2 Å². The summed E-state index contributed by atoms with van der Waals surface area (Å²) in [5.41, 5.74) is -0.490. The van der Waals surface area contributed by atoms with Crippen molar-refractivity contribution in [3.8, 4) is 5.75 Å². The lowest BCUT2D eigenvalue weighted by Crippen LogP contribution is -2.14. The van der Waals surface area contributed by atoms with Crippen LogP contribution in [0.2, 0.25) is 4.34 Å². The van der Waals surface area contributed by atoms with E-state index < -0.39 is 16.0 Å². The van der Waals surface area contributed by atoms with Crippen molar-refractivity contribution in [1.29, 1.82) is 0 Å². The van der Waals surface area contributed by atoms with Crippen LogP contribution in [0.15, 0.2) is 34.5 Å². The first-order chi connectivity index (χ1) is 9.29. The lowest BCUT2D eigenvalue weighted by atomic mass is 10.2. The van der Waals surface area contributed by atoms with Crippen molar-refractivity contribution >= 4 is 44.6 Å². The molecule has 2 aromatic rings. The molecule has 0 fully saturated rings. The van der Waals surface area contributed by atoms with Gasteiger partial charge in [-0.15, -0.1) is 11.3 Å². The van der Waals surface area contributed by atoms with Crippen LogP contribution in [-0.2, 0) is 10.0 Å². The average Bonchev–Trinajstić information content (AvgIpc) is 2.78. The van der Waals surface area contributed by atoms with Gasteiger partial charge in [0.1, 0.15) is 9.96 Å². The molecule has 0 saturated carbocycles. The Morgan fingerprint density at radius 2 is 1.95 bits per heavy atom. The minimum absolute atomic E-state index is 0.0353. The van der Waals surface area contributed by atoms with Crippen LogP contribution in [0, 0.1) is 0 Å². The van der Waals surface area contributed by atoms with Crippen LogP contribution >= 0.6 is 22.9 Å². The summed E-state index contributed by atoms with van der Waals surface area (Å²) < 4.78 is 26.5. The molecule has 0 bridgehead atoms. The predicted octanol–water partition coefficient (Wildman–Crippen LogP) is 2.61. The Morgan fingerprint density at radius 3 is 2.50 bits per heavy atom. The molecule has 9 heteroatoms. The number of benzene rings is 1. The highest BCUT2D eigenvalue weighted by Gasteiger charge is 2.20. The largest absolute Gasteiger partial charge is 0.508 e. The number of carboxylic acid groups (broad SMARTS) is 1. The highest BCUT2D eigenvalue weighted by Crippen LogP contribution is 2.29. The zero-order chi connectivity index (χ0) is 14.9. The molecule has 6 nitrogen and oxygen atoms in total. The van der Waals surface area contributed by atoms with E-state index in [-0.39, 0.29) is 21.2 Å². The topological polar surface area (TPSA) is 104 Å². The predicted molar refractivity (Wildman–Crippen MR) is 75.2 cm³/mol. The highest BCUT2D eigenvalue weighted by atomic mass is 35.5. The fourth-order valence-electron chi connectivity index (χ4n) is 1.44. The molecule has 0 amide bonds. The van der Waals surface area contributed by atoms with Gasteiger partial charge in [-0.2, -0.15) is 0 Å². The van der Waals surface area contributed by atoms with E-state index in [1.165, 1.54) is 24.3 Å². The number of phenols is 1. The maximum Gasteiger partial charge on any atom is 0.337 e. The lowest BCUT2D eigenvalue weighted by Gasteiger charge is -2.09. The first kappa shape index (κ1) is 14.6. The van der Waals surface area contributed by atoms with E-state index in [9.17, 15) is 18.3 Å². The van der Waals surface area contributed by atoms with Crippen LogP contribution < -0.4 is 4.72 Å². The Morgan fingerprint density at radius 1 is 1.25 bits per heavy atom. The minimum Gasteiger partial charge on any atom is -0.508 e. The molecule has 1 aromatic carbocycles. The molecule has 0 aliphatic carbocycles. The second-order valence-electron chi connectivity index (χ2n) is 3.70. The van der Waals surface area contributed by atoms with Crippen molar-refractivity contribution in [2.24, 2.45) is 0 Å². The first-order valence-corrected chi connectivity index (χ1v) is 7.82. The normalized spacial score (nSPS) is 11.2. The highest BCUT2D eigenvalue weighted by molar-refractivity contribution is 7.94. The van der Waals surface area contributed by atoms with Gasteiger partial charge in [0.25, 0.3) is 10.0 Å². The fraction of sp³-hybridized carbons (Fsp3) is 0. The van der Waals surface area contributed by atoms with Gasteiger partial charge in [-0.1, -0.05) is 11.6 Å². The number of hydrogen-bond donors (Lipinski definition) is 3. The van der Waals surface area contributed by atoms with Gasteiger partial charge in [0.05, 0.1) is 15.6 Å². The van der Waals surface area contributed by atoms with Gasteiger partial charge in [0.15, 0.2) is 0 Å². The summed E-state index contributed by atoms with van der Waals surface area (Å²) >= 11 is 6.52. The second-order valence-corrected chi connectivity index (χ2v) is 7.32. The van der Waals surface area contributed by atoms with Gasteiger partial charge in [0, 0.05) is 0 Å². The third-order valence-electron chi connectivity index (χ3n) is 2.29. The van der Waals surface area contributed by atoms with Crippen molar-refractivity contribution in [3.63, 3.8) is 0 Å². The van der Waals surface area contributed by atoms with E-state index in [1.807, 2.05) is 0 Å². The Kier molecular flexibility index (Phi) is 3.89. The molecule has 2 rings (SSSR count). The molecule has 20 heavy (non-hydrogen) atoms. The van der Waals surface area contributed by atoms with Gasteiger partial charge in [0.2, 0.25) is 0 Å². The summed E-state index contributed by atoms with van der Waals surface area (Å²) in [6, 6.07) is 6.06. The molecule has 3 N–H and O–H groups in total. The number of rotatable bonds is 4. The van der Waals surface area contributed by atoms with Gasteiger partial charge >= 0.3 is 5.97 Å². The summed E-state index contributed by atoms with van der Waals surface area (Å²) in [5, 5.41) is 18.2. The van der Waals surface area contributed by atoms with Crippen molar-refractivity contribution < 1.29 is 23.4 Å². The van der Waals surface area contributed by atoms with Crippen molar-refractivity contribution in [2.75, 3.05) is 4.72 Å². The molecule has 106 valence electrons. The summed E-state index contributed by atoms with van der Waals surface area (Å²) in [7, 11) is -3.92. The molecular weight excluding hydrogens is 326 g/mol. The monoisotopic (exact) mass is 333 g/mol. The number of aromatic carboxylic acids is 1. The molecule has 1 aromatic heterocycles. The van der Waals surface area contributed by atoms with E-state index >= 15 is 0 Å². The quantitative estimate of drug-likeness (QED) is 0.746. The van der Waals surface area contributed by atoms with E-state index in [1.54, 1.807) is 0 Å². The van der Waals surface area contributed by atoms with E-state index in [0.29, 0.717) is 4.34 Å². The summed E-state index contributed by atoms with van der Waals surface area (Å²) in [5.74, 6) is -1.63. The number of anilines is 1. The van der Waals surface area contributed by atoms with Gasteiger partial charge in [-0.05, 0) is 30.3 Å². The minimum atomic E-state index is -3.92. The molecule has 0 aliphatic heterocycles. The SMILES string of the molecule is O=C(O)c1cc(O)ccc1NS(=O)(=O)c1ccc(Cl)s1. The van der Waals surface area contributed by atoms with Crippen LogP contribution in [-0.4, -0.2) is 24.6 Å². The fourth-order valence-corrected chi connectivity index (χ4v) is 4.00. The summed E-state index contributed by atoms with van der Waals surface area (Å²) in [6.45, 7) is 0. The number of phenolic OH excluding ortho intramolecular Hbond substituents is 1. The number of hydrogen-bond acceptors (Lipinski definition) is 5. The molecule has 1 heterocycles. The summed E-state index contributed by atoms with van der Waals surface area (Å²) in [6.07, 6.45) is 0. The maximum absolute atomic E-state index is 12.1. The molecule has 0 radical (unpaired) electrons. The zero-order valence-electron chi connectivity index (χ0n) is 9.70. The number of thiophene rings is 1. The van der Waals surface area contributed by atoms with E-state index in [0.717, 1.165) is 17.4 Å². The molecule has 0 saturated heterocycles. The smallest absolute Gasteiger partial charge is 0.337 e. The Balaban J connectivity index is 2.42. The van der Waals surface area contributed by atoms with Crippen LogP contribution in [0.3, 0.4) is 0 Å². The Hall–Kier alpha value is -1.77. The van der Waals surface area contributed by atoms with Crippen molar-refractivity contribution in [2.45, 2.75) is 4.21 Å². The molecule has 0 unspecified atom stereocenters. The number of halogens is 1. The maximum atomic E-state index is 12.1. The van der Waals surface area contributed by atoms with Crippen molar-refractivity contribution in [1.82, 2.24) is 0 Å². The van der Waals surface area contributed by atoms with E-state index in [4.69, 9.17) is 16.7 Å². The number of sulfonamides is 1. The molecule has 0 spiro atoms. The number of nitrogens with one attached hydrogen (secondary N) is 1. The number of aromatic hydroxyl groups is 1. The van der Waals surface area contributed by atoms with Crippen LogP contribution in [0.4, 0.5) is 5.69 Å². The van der Waals surface area contributed by atoms with Crippen LogP contribution in [0.25, 0.3) is 0 Å². The van der Waals surface area contributed by atoms with Crippen LogP contribution in [0.5, 0.6) is 5.75 Å². The Bertz CT molecular complexity index is 769. The first-order valence-electron chi connectivity index (χ1n) is 5.14. The molecule has 0 atom stereocenters. The summed E-state index contributed by atoms with van der Waals surface area (Å²) in [4.78, 5) is 11.0. The third-order valence-corrected chi connectivity index (χ3v) is 5.38. The molecular formula is C11H8ClNO5S2. The average molecular weight is 334 g/mol. The Labute approximate surface area is 123 Å². The van der Waals surface area contributed by atoms with Gasteiger partial charge in [-0.25, -0.2) is 13.2 Å². The van der Waals surface area contributed by atoms with Crippen LogP contribution in [0.1, 0.15) is 10.4 Å². The standard InChI is InChI=1S/C11H8ClNO5S2/c12-9-3-4-10(19-9)20(17,18)13-8-2-1-6(14)5-7(8)11(15)16/h1-5,13-14H,(H,15,16). The van der Waals surface area contributed by atoms with Gasteiger partial charge in [-0.3, -0.25) is 4.72 Å². The van der Waals surface area contributed by atoms with E-state index in [2.05, 4.69) is 4.72 Å². The zero-order valence-corrected chi connectivity index (χ0v) is 12.1.